The molecule has 2 aromatic rings. The van der Waals surface area contributed by atoms with Crippen molar-refractivity contribution in [2.24, 2.45) is 0 Å². The zero-order chi connectivity index (χ0) is 15.2. The molecule has 3 N–H and O–H groups in total. The summed E-state index contributed by atoms with van der Waals surface area (Å²) in [5.41, 5.74) is 6.85. The minimum atomic E-state index is -0.758. The maximum absolute atomic E-state index is 11.1. The molecule has 0 aromatic carbocycles. The number of nitrogens with zero attached hydrogens (tertiary/aromatic N) is 4. The number of hydrogen-bond acceptors (Lipinski definition) is 7. The molecule has 21 heavy (non-hydrogen) atoms. The van der Waals surface area contributed by atoms with Gasteiger partial charge in [0.1, 0.15) is 11.8 Å². The first kappa shape index (κ1) is 14.9. The van der Waals surface area contributed by atoms with Crippen LogP contribution in [0.2, 0.25) is 0 Å². The fourth-order valence-electron chi connectivity index (χ4n) is 1.81. The van der Waals surface area contributed by atoms with Crippen molar-refractivity contribution in [3.05, 3.63) is 24.8 Å². The molecule has 8 nitrogen and oxygen atoms in total. The number of fused-ring (bicyclic) bond motifs is 1. The molecule has 1 unspecified atom stereocenters. The molecule has 2 rings (SSSR count). The maximum Gasteiger partial charge on any atom is 0.330 e. The third kappa shape index (κ3) is 3.76. The van der Waals surface area contributed by atoms with E-state index in [1.165, 1.54) is 18.5 Å². The summed E-state index contributed by atoms with van der Waals surface area (Å²) in [6, 6.07) is 0. The minimum Gasteiger partial charge on any atom is -0.463 e. The molecule has 0 bridgehead atoms. The van der Waals surface area contributed by atoms with Crippen LogP contribution in [0, 0.1) is 0 Å². The normalized spacial score (nSPS) is 12.9. The second kappa shape index (κ2) is 6.80. The highest BCUT2D eigenvalue weighted by molar-refractivity contribution is 5.82. The Labute approximate surface area is 121 Å². The standard InChI is InChI=1S/C13H17N5O3/c1-2-21-10(20)4-3-9(19)5-6-18-8-17-11-12(14)15-7-16-13(11)18/h3-4,7-9,19H,2,5-6H2,1H3,(H2,14,15,16). The number of aliphatic hydroxyl groups is 1. The van der Waals surface area contributed by atoms with Crippen LogP contribution in [0.25, 0.3) is 11.2 Å². The van der Waals surface area contributed by atoms with Gasteiger partial charge in [-0.2, -0.15) is 0 Å². The number of aryl methyl sites for hydroxylation is 1. The molecule has 2 aromatic heterocycles. The van der Waals surface area contributed by atoms with Crippen molar-refractivity contribution < 1.29 is 14.6 Å². The molecule has 0 aliphatic rings. The number of anilines is 1. The second-order valence-electron chi connectivity index (χ2n) is 4.34. The number of ether oxygens (including phenoxy) is 1. The van der Waals surface area contributed by atoms with E-state index in [-0.39, 0.29) is 0 Å². The summed E-state index contributed by atoms with van der Waals surface area (Å²) in [7, 11) is 0. The quantitative estimate of drug-likeness (QED) is 0.580. The van der Waals surface area contributed by atoms with Gasteiger partial charge in [-0.05, 0) is 19.4 Å². The van der Waals surface area contributed by atoms with Crippen LogP contribution in [0.1, 0.15) is 13.3 Å². The zero-order valence-corrected chi connectivity index (χ0v) is 11.6. The molecule has 0 aliphatic carbocycles. The Morgan fingerprint density at radius 1 is 1.52 bits per heavy atom. The third-order valence-corrected chi connectivity index (χ3v) is 2.84. The minimum absolute atomic E-state index is 0.307. The summed E-state index contributed by atoms with van der Waals surface area (Å²) < 4.78 is 6.50. The Kier molecular flexibility index (Phi) is 4.83. The summed E-state index contributed by atoms with van der Waals surface area (Å²) in [6.45, 7) is 2.52. The van der Waals surface area contributed by atoms with Crippen molar-refractivity contribution in [2.75, 3.05) is 12.3 Å². The monoisotopic (exact) mass is 291 g/mol. The second-order valence-corrected chi connectivity index (χ2v) is 4.34. The lowest BCUT2D eigenvalue weighted by Gasteiger charge is -2.07. The average Bonchev–Trinajstić information content (AvgIpc) is 2.88. The van der Waals surface area contributed by atoms with Crippen LogP contribution < -0.4 is 5.73 Å². The number of esters is 1. The highest BCUT2D eigenvalue weighted by atomic mass is 16.5. The van der Waals surface area contributed by atoms with Gasteiger partial charge in [-0.25, -0.2) is 19.7 Å². The summed E-state index contributed by atoms with van der Waals surface area (Å²) in [5.74, 6) is -0.147. The van der Waals surface area contributed by atoms with Crippen LogP contribution in [0.15, 0.2) is 24.8 Å². The van der Waals surface area contributed by atoms with Gasteiger partial charge in [0.15, 0.2) is 11.5 Å². The number of carbonyl (C=O) groups is 1. The number of nitrogens with two attached hydrogens (primary N) is 1. The summed E-state index contributed by atoms with van der Waals surface area (Å²) in [6.07, 6.45) is 5.24. The van der Waals surface area contributed by atoms with Gasteiger partial charge in [-0.3, -0.25) is 0 Å². The van der Waals surface area contributed by atoms with Crippen LogP contribution in [0.4, 0.5) is 5.82 Å². The number of aliphatic hydroxyl groups excluding tert-OH is 1. The largest absolute Gasteiger partial charge is 0.463 e. The molecule has 0 amide bonds. The molecule has 0 aliphatic heterocycles. The maximum atomic E-state index is 11.1. The van der Waals surface area contributed by atoms with Gasteiger partial charge in [0.2, 0.25) is 0 Å². The van der Waals surface area contributed by atoms with E-state index < -0.39 is 12.1 Å². The lowest BCUT2D eigenvalue weighted by molar-refractivity contribution is -0.137. The summed E-state index contributed by atoms with van der Waals surface area (Å²) >= 11 is 0. The molecule has 0 spiro atoms. The van der Waals surface area contributed by atoms with Gasteiger partial charge < -0.3 is 20.1 Å². The molecule has 1 atom stereocenters. The smallest absolute Gasteiger partial charge is 0.330 e. The van der Waals surface area contributed by atoms with Crippen molar-refractivity contribution in [2.45, 2.75) is 26.0 Å². The zero-order valence-electron chi connectivity index (χ0n) is 11.6. The molecule has 112 valence electrons. The average molecular weight is 291 g/mol. The Hall–Kier alpha value is -2.48. The van der Waals surface area contributed by atoms with Gasteiger partial charge >= 0.3 is 5.97 Å². The molecule has 0 fully saturated rings. The molecular formula is C13H17N5O3. The van der Waals surface area contributed by atoms with Crippen LogP contribution in [-0.4, -0.2) is 43.3 Å². The van der Waals surface area contributed by atoms with E-state index in [4.69, 9.17) is 10.5 Å². The van der Waals surface area contributed by atoms with Crippen LogP contribution >= 0.6 is 0 Å². The van der Waals surface area contributed by atoms with Crippen molar-refractivity contribution in [3.8, 4) is 0 Å². The Bertz CT molecular complexity index is 652. The van der Waals surface area contributed by atoms with Gasteiger partial charge in [0.25, 0.3) is 0 Å². The molecule has 8 heteroatoms. The van der Waals surface area contributed by atoms with E-state index in [1.54, 1.807) is 17.8 Å². The fourth-order valence-corrected chi connectivity index (χ4v) is 1.81. The van der Waals surface area contributed by atoms with Crippen molar-refractivity contribution in [1.82, 2.24) is 19.5 Å². The molecule has 0 radical (unpaired) electrons. The molecule has 0 saturated carbocycles. The highest BCUT2D eigenvalue weighted by Crippen LogP contribution is 2.14. The van der Waals surface area contributed by atoms with E-state index in [0.29, 0.717) is 36.6 Å². The van der Waals surface area contributed by atoms with E-state index in [2.05, 4.69) is 15.0 Å². The Morgan fingerprint density at radius 2 is 2.33 bits per heavy atom. The van der Waals surface area contributed by atoms with Gasteiger partial charge in [-0.1, -0.05) is 0 Å². The number of carbonyl (C=O) groups excluding carboxylic acids is 1. The van der Waals surface area contributed by atoms with E-state index in [9.17, 15) is 9.90 Å². The predicted molar refractivity (Wildman–Crippen MR) is 76.1 cm³/mol. The first-order valence-corrected chi connectivity index (χ1v) is 6.56. The SMILES string of the molecule is CCOC(=O)C=CC(O)CCn1cnc2c(N)ncnc21. The van der Waals surface area contributed by atoms with Gasteiger partial charge in [-0.15, -0.1) is 0 Å². The summed E-state index contributed by atoms with van der Waals surface area (Å²) in [4.78, 5) is 23.2. The highest BCUT2D eigenvalue weighted by Gasteiger charge is 2.09. The third-order valence-electron chi connectivity index (χ3n) is 2.84. The predicted octanol–water partition coefficient (Wildman–Crippen LogP) is 0.279. The lowest BCUT2D eigenvalue weighted by Crippen LogP contribution is -2.09. The first-order valence-electron chi connectivity index (χ1n) is 6.56. The summed E-state index contributed by atoms with van der Waals surface area (Å²) in [5, 5.41) is 9.81. The number of imidazole rings is 1. The number of nitrogen functional groups attached to an aromatic ring is 1. The number of hydrogen-bond donors (Lipinski definition) is 2. The van der Waals surface area contributed by atoms with Crippen molar-refractivity contribution in [3.63, 3.8) is 0 Å². The van der Waals surface area contributed by atoms with Gasteiger partial charge in [0.05, 0.1) is 19.0 Å². The first-order chi connectivity index (χ1) is 10.1. The molecule has 0 saturated heterocycles. The van der Waals surface area contributed by atoms with E-state index in [1.807, 2.05) is 0 Å². The number of aromatic nitrogens is 4. The molecular weight excluding hydrogens is 274 g/mol. The van der Waals surface area contributed by atoms with Crippen molar-refractivity contribution >= 4 is 23.0 Å². The topological polar surface area (TPSA) is 116 Å². The van der Waals surface area contributed by atoms with E-state index >= 15 is 0 Å². The number of rotatable bonds is 6. The Balaban J connectivity index is 1.96. The van der Waals surface area contributed by atoms with Crippen LogP contribution in [-0.2, 0) is 16.1 Å². The fraction of sp³-hybridized carbons (Fsp3) is 0.385. The van der Waals surface area contributed by atoms with Crippen LogP contribution in [0.3, 0.4) is 0 Å². The van der Waals surface area contributed by atoms with Gasteiger partial charge in [0, 0.05) is 12.6 Å². The molecule has 2 heterocycles. The van der Waals surface area contributed by atoms with Crippen LogP contribution in [0.5, 0.6) is 0 Å². The van der Waals surface area contributed by atoms with Crippen molar-refractivity contribution in [1.29, 1.82) is 0 Å². The Morgan fingerprint density at radius 3 is 3.10 bits per heavy atom. The van der Waals surface area contributed by atoms with E-state index in [0.717, 1.165) is 0 Å². The lowest BCUT2D eigenvalue weighted by atomic mass is 10.2.